The number of nitrogens with zero attached hydrogens (tertiary/aromatic N) is 1. The molecule has 2 N–H and O–H groups in total. The van der Waals surface area contributed by atoms with Crippen molar-refractivity contribution in [2.24, 2.45) is 5.73 Å². The zero-order chi connectivity index (χ0) is 7.19. The molecule has 0 bridgehead atoms. The molecular weight excluding hydrogens is 124 g/mol. The van der Waals surface area contributed by atoms with Gasteiger partial charge in [-0.05, 0) is 39.3 Å². The zero-order valence-corrected chi connectivity index (χ0v) is 6.64. The van der Waals surface area contributed by atoms with Gasteiger partial charge in [-0.2, -0.15) is 0 Å². The largest absolute Gasteiger partial charge is 0.325 e. The van der Waals surface area contributed by atoms with Crippen LogP contribution in [-0.2, 0) is 0 Å². The number of nitrogens with two attached hydrogens (primary N) is 1. The van der Waals surface area contributed by atoms with E-state index in [1.54, 1.807) is 0 Å². The Bertz CT molecular complexity index is 140. The zero-order valence-electron chi connectivity index (χ0n) is 6.64. The maximum absolute atomic E-state index is 5.99. The van der Waals surface area contributed by atoms with Gasteiger partial charge in [0.15, 0.2) is 0 Å². The van der Waals surface area contributed by atoms with E-state index in [-0.39, 0.29) is 5.54 Å². The van der Waals surface area contributed by atoms with Gasteiger partial charge < -0.3 is 10.6 Å². The second kappa shape index (κ2) is 1.95. The average molecular weight is 140 g/mol. The van der Waals surface area contributed by atoms with Crippen LogP contribution in [0, 0.1) is 0 Å². The fourth-order valence-electron chi connectivity index (χ4n) is 1.66. The van der Waals surface area contributed by atoms with Crippen molar-refractivity contribution in [2.45, 2.75) is 37.3 Å². The Kier molecular flexibility index (Phi) is 1.29. The third kappa shape index (κ3) is 1.06. The van der Waals surface area contributed by atoms with E-state index in [1.165, 1.54) is 32.2 Å². The molecular formula is C8H16N2. The van der Waals surface area contributed by atoms with Gasteiger partial charge in [0.1, 0.15) is 0 Å². The molecule has 0 aromatic carbocycles. The maximum atomic E-state index is 5.99. The van der Waals surface area contributed by atoms with E-state index in [2.05, 4.69) is 11.9 Å². The van der Waals surface area contributed by atoms with Gasteiger partial charge in [0, 0.05) is 11.6 Å². The van der Waals surface area contributed by atoms with Crippen molar-refractivity contribution in [3.63, 3.8) is 0 Å². The first-order valence-corrected chi connectivity index (χ1v) is 4.19. The van der Waals surface area contributed by atoms with E-state index in [0.717, 1.165) is 6.04 Å². The van der Waals surface area contributed by atoms with Gasteiger partial charge in [0.25, 0.3) is 0 Å². The molecule has 2 aliphatic rings. The highest BCUT2D eigenvalue weighted by Crippen LogP contribution is 2.39. The second-order valence-electron chi connectivity index (χ2n) is 3.99. The highest BCUT2D eigenvalue weighted by molar-refractivity contribution is 5.03. The molecule has 0 amide bonds. The third-order valence-electron chi connectivity index (χ3n) is 2.97. The molecule has 10 heavy (non-hydrogen) atoms. The third-order valence-corrected chi connectivity index (χ3v) is 2.97. The molecule has 2 heteroatoms. The van der Waals surface area contributed by atoms with Crippen LogP contribution >= 0.6 is 0 Å². The predicted octanol–water partition coefficient (Wildman–Crippen LogP) is 0.572. The molecule has 0 aromatic heterocycles. The van der Waals surface area contributed by atoms with Gasteiger partial charge >= 0.3 is 0 Å². The average Bonchev–Trinajstić information content (AvgIpc) is 2.61. The Morgan fingerprint density at radius 3 is 2.60 bits per heavy atom. The Balaban J connectivity index is 1.80. The topological polar surface area (TPSA) is 29.3 Å². The minimum Gasteiger partial charge on any atom is -0.325 e. The van der Waals surface area contributed by atoms with Crippen molar-refractivity contribution >= 4 is 0 Å². The van der Waals surface area contributed by atoms with E-state index < -0.39 is 0 Å². The first-order chi connectivity index (χ1) is 4.70. The minimum absolute atomic E-state index is 0.263. The fraction of sp³-hybridized carbons (Fsp3) is 1.00. The highest BCUT2D eigenvalue weighted by atomic mass is 15.2. The lowest BCUT2D eigenvalue weighted by Crippen LogP contribution is -2.48. The van der Waals surface area contributed by atoms with Gasteiger partial charge in [0.05, 0.1) is 0 Å². The summed E-state index contributed by atoms with van der Waals surface area (Å²) in [5, 5.41) is 0. The van der Waals surface area contributed by atoms with Crippen molar-refractivity contribution in [2.75, 3.05) is 13.6 Å². The molecule has 2 rings (SSSR count). The Hall–Kier alpha value is -0.0800. The maximum Gasteiger partial charge on any atom is 0.0170 e. The predicted molar refractivity (Wildman–Crippen MR) is 41.8 cm³/mol. The van der Waals surface area contributed by atoms with Gasteiger partial charge in [-0.3, -0.25) is 0 Å². The summed E-state index contributed by atoms with van der Waals surface area (Å²) in [6, 6.07) is 0.812. The van der Waals surface area contributed by atoms with E-state index in [4.69, 9.17) is 5.73 Å². The molecule has 2 nitrogen and oxygen atoms in total. The second-order valence-corrected chi connectivity index (χ2v) is 3.99. The molecule has 1 heterocycles. The lowest BCUT2D eigenvalue weighted by molar-refractivity contribution is 0.109. The number of likely N-dealkylation sites (tertiary alicyclic amines) is 1. The molecule has 1 aliphatic heterocycles. The minimum atomic E-state index is 0.263. The quantitative estimate of drug-likeness (QED) is 0.607. The van der Waals surface area contributed by atoms with Crippen LogP contribution < -0.4 is 5.73 Å². The molecule has 2 fully saturated rings. The monoisotopic (exact) mass is 140 g/mol. The standard InChI is InChI=1S/C8H16N2/c1-10-5-2-7(10)6-8(9)3-4-8/h7H,2-6,9H2,1H3. The normalized spacial score (nSPS) is 37.2. The van der Waals surface area contributed by atoms with Gasteiger partial charge in [-0.15, -0.1) is 0 Å². The summed E-state index contributed by atoms with van der Waals surface area (Å²) in [7, 11) is 2.19. The molecule has 0 spiro atoms. The SMILES string of the molecule is CN1CCC1CC1(N)CC1. The summed E-state index contributed by atoms with van der Waals surface area (Å²) >= 11 is 0. The van der Waals surface area contributed by atoms with Crippen molar-refractivity contribution in [1.29, 1.82) is 0 Å². The van der Waals surface area contributed by atoms with Gasteiger partial charge in [-0.25, -0.2) is 0 Å². The molecule has 1 atom stereocenters. The summed E-state index contributed by atoms with van der Waals surface area (Å²) in [6.07, 6.45) is 5.13. The summed E-state index contributed by atoms with van der Waals surface area (Å²) in [6.45, 7) is 1.28. The molecule has 58 valence electrons. The molecule has 1 aliphatic carbocycles. The number of hydrogen-bond acceptors (Lipinski definition) is 2. The lowest BCUT2D eigenvalue weighted by Gasteiger charge is -2.39. The number of hydrogen-bond donors (Lipinski definition) is 1. The summed E-state index contributed by atoms with van der Waals surface area (Å²) in [5.41, 5.74) is 6.26. The van der Waals surface area contributed by atoms with Crippen LogP contribution in [0.3, 0.4) is 0 Å². The highest BCUT2D eigenvalue weighted by Gasteiger charge is 2.42. The van der Waals surface area contributed by atoms with Gasteiger partial charge in [0.2, 0.25) is 0 Å². The van der Waals surface area contributed by atoms with Crippen LogP contribution in [0.25, 0.3) is 0 Å². The molecule has 1 saturated carbocycles. The fourth-order valence-corrected chi connectivity index (χ4v) is 1.66. The van der Waals surface area contributed by atoms with Crippen LogP contribution in [-0.4, -0.2) is 30.1 Å². The van der Waals surface area contributed by atoms with Crippen molar-refractivity contribution in [1.82, 2.24) is 4.90 Å². The van der Waals surface area contributed by atoms with E-state index in [0.29, 0.717) is 0 Å². The van der Waals surface area contributed by atoms with Crippen molar-refractivity contribution in [3.8, 4) is 0 Å². The van der Waals surface area contributed by atoms with Crippen molar-refractivity contribution < 1.29 is 0 Å². The molecule has 0 radical (unpaired) electrons. The molecule has 1 unspecified atom stereocenters. The smallest absolute Gasteiger partial charge is 0.0170 e. The Labute approximate surface area is 62.4 Å². The van der Waals surface area contributed by atoms with Crippen LogP contribution in [0.4, 0.5) is 0 Å². The Morgan fingerprint density at radius 1 is 1.60 bits per heavy atom. The van der Waals surface area contributed by atoms with Crippen LogP contribution in [0.2, 0.25) is 0 Å². The van der Waals surface area contributed by atoms with Crippen molar-refractivity contribution in [3.05, 3.63) is 0 Å². The van der Waals surface area contributed by atoms with Crippen LogP contribution in [0.5, 0.6) is 0 Å². The van der Waals surface area contributed by atoms with E-state index in [1.807, 2.05) is 0 Å². The Morgan fingerprint density at radius 2 is 2.30 bits per heavy atom. The first kappa shape index (κ1) is 6.62. The molecule has 1 saturated heterocycles. The summed E-state index contributed by atoms with van der Waals surface area (Å²) in [5.74, 6) is 0. The molecule has 0 aromatic rings. The lowest BCUT2D eigenvalue weighted by atomic mass is 9.95. The van der Waals surface area contributed by atoms with Crippen LogP contribution in [0.1, 0.15) is 25.7 Å². The van der Waals surface area contributed by atoms with Crippen LogP contribution in [0.15, 0.2) is 0 Å². The van der Waals surface area contributed by atoms with E-state index in [9.17, 15) is 0 Å². The van der Waals surface area contributed by atoms with Gasteiger partial charge in [-0.1, -0.05) is 0 Å². The number of rotatable bonds is 2. The van der Waals surface area contributed by atoms with E-state index >= 15 is 0 Å². The summed E-state index contributed by atoms with van der Waals surface area (Å²) < 4.78 is 0. The first-order valence-electron chi connectivity index (χ1n) is 4.19. The summed E-state index contributed by atoms with van der Waals surface area (Å²) in [4.78, 5) is 2.41.